The first-order valence-electron chi connectivity index (χ1n) is 8.02. The second-order valence-electron chi connectivity index (χ2n) is 5.95. The molecule has 3 aromatic rings. The molecule has 132 valence electrons. The zero-order valence-electron chi connectivity index (χ0n) is 13.5. The molecule has 1 aliphatic carbocycles. The second-order valence-corrected chi connectivity index (χ2v) is 6.36. The van der Waals surface area contributed by atoms with Gasteiger partial charge in [-0.3, -0.25) is 9.59 Å². The number of hydrogen-bond acceptors (Lipinski definition) is 5. The quantitative estimate of drug-likeness (QED) is 0.712. The number of halogens is 1. The maximum absolute atomic E-state index is 12.3. The van der Waals surface area contributed by atoms with Crippen molar-refractivity contribution in [3.63, 3.8) is 0 Å². The summed E-state index contributed by atoms with van der Waals surface area (Å²) in [4.78, 5) is 24.4. The van der Waals surface area contributed by atoms with E-state index in [4.69, 9.17) is 20.5 Å². The van der Waals surface area contributed by atoms with Crippen LogP contribution in [0.25, 0.3) is 11.5 Å². The molecule has 2 N–H and O–H groups in total. The van der Waals surface area contributed by atoms with E-state index in [0.717, 1.165) is 12.8 Å². The molecule has 0 radical (unpaired) electrons. The highest BCUT2D eigenvalue weighted by Crippen LogP contribution is 2.25. The lowest BCUT2D eigenvalue weighted by Crippen LogP contribution is -2.25. The third-order valence-corrected chi connectivity index (χ3v) is 4.20. The van der Waals surface area contributed by atoms with Gasteiger partial charge in [-0.2, -0.15) is 0 Å². The molecular formula is C18H14ClN3O4. The van der Waals surface area contributed by atoms with Crippen LogP contribution in [0.15, 0.2) is 51.6 Å². The minimum absolute atomic E-state index is 0.100. The normalized spacial score (nSPS) is 13.4. The predicted octanol–water partition coefficient (Wildman–Crippen LogP) is 3.73. The van der Waals surface area contributed by atoms with E-state index in [0.29, 0.717) is 22.8 Å². The highest BCUT2D eigenvalue weighted by Gasteiger charge is 2.25. The van der Waals surface area contributed by atoms with Gasteiger partial charge in [0.05, 0.1) is 16.8 Å². The Morgan fingerprint density at radius 3 is 2.65 bits per heavy atom. The number of amides is 2. The molecule has 0 saturated heterocycles. The van der Waals surface area contributed by atoms with Gasteiger partial charge in [0, 0.05) is 17.8 Å². The Kier molecular flexibility index (Phi) is 4.22. The van der Waals surface area contributed by atoms with Gasteiger partial charge in [0.25, 0.3) is 11.8 Å². The van der Waals surface area contributed by atoms with E-state index in [1.165, 1.54) is 18.4 Å². The first-order valence-corrected chi connectivity index (χ1v) is 8.40. The number of nitrogens with one attached hydrogen (secondary N) is 2. The van der Waals surface area contributed by atoms with Crippen LogP contribution in [0.1, 0.15) is 33.7 Å². The van der Waals surface area contributed by atoms with Crippen molar-refractivity contribution >= 4 is 29.1 Å². The average molecular weight is 372 g/mol. The fourth-order valence-electron chi connectivity index (χ4n) is 2.38. The molecule has 2 heterocycles. The lowest BCUT2D eigenvalue weighted by atomic mass is 10.2. The molecule has 1 aliphatic rings. The topological polar surface area (TPSA) is 97.4 Å². The van der Waals surface area contributed by atoms with E-state index in [1.54, 1.807) is 24.3 Å². The molecule has 7 nitrogen and oxygen atoms in total. The van der Waals surface area contributed by atoms with Crippen molar-refractivity contribution in [1.29, 1.82) is 0 Å². The summed E-state index contributed by atoms with van der Waals surface area (Å²) in [7, 11) is 0. The van der Waals surface area contributed by atoms with E-state index in [-0.39, 0.29) is 22.7 Å². The van der Waals surface area contributed by atoms with Crippen LogP contribution in [0.5, 0.6) is 0 Å². The Labute approximate surface area is 153 Å². The molecule has 0 bridgehead atoms. The van der Waals surface area contributed by atoms with Gasteiger partial charge in [-0.25, -0.2) is 0 Å². The number of hydrogen-bond donors (Lipinski definition) is 2. The Hall–Kier alpha value is -3.06. The van der Waals surface area contributed by atoms with Crippen molar-refractivity contribution in [2.75, 3.05) is 5.32 Å². The lowest BCUT2D eigenvalue weighted by molar-refractivity contribution is 0.0950. The third-order valence-electron chi connectivity index (χ3n) is 3.89. The van der Waals surface area contributed by atoms with Crippen molar-refractivity contribution in [3.8, 4) is 11.5 Å². The van der Waals surface area contributed by atoms with Gasteiger partial charge in [0.1, 0.15) is 0 Å². The standard InChI is InChI=1S/C18H14ClN3O4/c19-13-8-11(5-6-12(13)17(23)20-10-3-4-10)21-18(24)14-9-16(26-22-14)15-2-1-7-25-15/h1-2,5-10H,3-4H2,(H,20,23)(H,21,24). The summed E-state index contributed by atoms with van der Waals surface area (Å²) >= 11 is 6.17. The molecule has 0 spiro atoms. The van der Waals surface area contributed by atoms with Gasteiger partial charge >= 0.3 is 0 Å². The third kappa shape index (κ3) is 3.48. The summed E-state index contributed by atoms with van der Waals surface area (Å²) in [6.45, 7) is 0. The van der Waals surface area contributed by atoms with Crippen molar-refractivity contribution in [2.24, 2.45) is 0 Å². The van der Waals surface area contributed by atoms with Crippen molar-refractivity contribution in [3.05, 3.63) is 58.9 Å². The summed E-state index contributed by atoms with van der Waals surface area (Å²) in [5.74, 6) is 0.156. The predicted molar refractivity (Wildman–Crippen MR) is 94.1 cm³/mol. The van der Waals surface area contributed by atoms with Gasteiger partial charge in [-0.05, 0) is 43.2 Å². The molecule has 0 atom stereocenters. The van der Waals surface area contributed by atoms with Crippen LogP contribution >= 0.6 is 11.6 Å². The fourth-order valence-corrected chi connectivity index (χ4v) is 2.65. The zero-order chi connectivity index (χ0) is 18.1. The van der Waals surface area contributed by atoms with Crippen molar-refractivity contribution in [2.45, 2.75) is 18.9 Å². The van der Waals surface area contributed by atoms with Crippen LogP contribution in [-0.4, -0.2) is 23.0 Å². The number of benzene rings is 1. The number of carbonyl (C=O) groups excluding carboxylic acids is 2. The molecule has 0 aliphatic heterocycles. The second kappa shape index (κ2) is 6.68. The smallest absolute Gasteiger partial charge is 0.277 e. The minimum Gasteiger partial charge on any atom is -0.461 e. The number of furan rings is 1. The van der Waals surface area contributed by atoms with E-state index in [1.807, 2.05) is 0 Å². The van der Waals surface area contributed by atoms with E-state index in [2.05, 4.69) is 15.8 Å². The van der Waals surface area contributed by atoms with Crippen LogP contribution in [0.2, 0.25) is 5.02 Å². The highest BCUT2D eigenvalue weighted by molar-refractivity contribution is 6.34. The molecule has 26 heavy (non-hydrogen) atoms. The SMILES string of the molecule is O=C(Nc1ccc(C(=O)NC2CC2)c(Cl)c1)c1cc(-c2ccco2)on1. The largest absolute Gasteiger partial charge is 0.461 e. The zero-order valence-corrected chi connectivity index (χ0v) is 14.2. The summed E-state index contributed by atoms with van der Waals surface area (Å²) < 4.78 is 10.3. The van der Waals surface area contributed by atoms with Gasteiger partial charge in [0.2, 0.25) is 5.76 Å². The van der Waals surface area contributed by atoms with Crippen molar-refractivity contribution in [1.82, 2.24) is 10.5 Å². The number of anilines is 1. The Balaban J connectivity index is 1.45. The average Bonchev–Trinajstić information content (AvgIpc) is 3.10. The fraction of sp³-hybridized carbons (Fsp3) is 0.167. The van der Waals surface area contributed by atoms with Gasteiger partial charge in [-0.15, -0.1) is 0 Å². The molecule has 4 rings (SSSR count). The van der Waals surface area contributed by atoms with Crippen LogP contribution in [0.3, 0.4) is 0 Å². The van der Waals surface area contributed by atoms with Crippen LogP contribution < -0.4 is 10.6 Å². The molecule has 2 aromatic heterocycles. The van der Waals surface area contributed by atoms with Crippen molar-refractivity contribution < 1.29 is 18.5 Å². The number of aromatic nitrogens is 1. The first kappa shape index (κ1) is 16.4. The summed E-state index contributed by atoms with van der Waals surface area (Å²) in [5.41, 5.74) is 0.923. The molecule has 1 aromatic carbocycles. The first-order chi connectivity index (χ1) is 12.6. The maximum atomic E-state index is 12.3. The minimum atomic E-state index is -0.460. The Bertz CT molecular complexity index is 961. The summed E-state index contributed by atoms with van der Waals surface area (Å²) in [6.07, 6.45) is 3.49. The molecule has 1 fully saturated rings. The van der Waals surface area contributed by atoms with Gasteiger partial charge in [0.15, 0.2) is 11.5 Å². The number of nitrogens with zero attached hydrogens (tertiary/aromatic N) is 1. The van der Waals surface area contributed by atoms with Crippen LogP contribution in [0, 0.1) is 0 Å². The van der Waals surface area contributed by atoms with Crippen LogP contribution in [-0.2, 0) is 0 Å². The molecule has 1 saturated carbocycles. The van der Waals surface area contributed by atoms with Gasteiger partial charge in [-0.1, -0.05) is 16.8 Å². The molecule has 0 unspecified atom stereocenters. The lowest BCUT2D eigenvalue weighted by Gasteiger charge is -2.08. The Morgan fingerprint density at radius 1 is 1.12 bits per heavy atom. The Morgan fingerprint density at radius 2 is 1.96 bits per heavy atom. The van der Waals surface area contributed by atoms with Crippen LogP contribution in [0.4, 0.5) is 5.69 Å². The monoisotopic (exact) mass is 371 g/mol. The molecular weight excluding hydrogens is 358 g/mol. The van der Waals surface area contributed by atoms with E-state index in [9.17, 15) is 9.59 Å². The molecule has 8 heteroatoms. The van der Waals surface area contributed by atoms with Gasteiger partial charge < -0.3 is 19.6 Å². The van der Waals surface area contributed by atoms with E-state index < -0.39 is 5.91 Å². The number of rotatable bonds is 5. The summed E-state index contributed by atoms with van der Waals surface area (Å²) in [6, 6.07) is 9.84. The molecule has 2 amide bonds. The summed E-state index contributed by atoms with van der Waals surface area (Å²) in [5, 5.41) is 9.53. The van der Waals surface area contributed by atoms with E-state index >= 15 is 0 Å². The number of carbonyl (C=O) groups is 2. The highest BCUT2D eigenvalue weighted by atomic mass is 35.5. The maximum Gasteiger partial charge on any atom is 0.277 e.